The molecule has 5 heteroatoms. The summed E-state index contributed by atoms with van der Waals surface area (Å²) in [5, 5.41) is 0. The fourth-order valence-corrected chi connectivity index (χ4v) is 1.75. The van der Waals surface area contributed by atoms with Crippen molar-refractivity contribution in [2.75, 3.05) is 13.4 Å². The monoisotopic (exact) mass is 245 g/mol. The number of hydrogen-bond acceptors (Lipinski definition) is 3. The van der Waals surface area contributed by atoms with Crippen molar-refractivity contribution >= 4 is 0 Å². The van der Waals surface area contributed by atoms with Crippen LogP contribution in [0.3, 0.4) is 0 Å². The van der Waals surface area contributed by atoms with Crippen molar-refractivity contribution in [2.45, 2.75) is 0 Å². The summed E-state index contributed by atoms with van der Waals surface area (Å²) in [4.78, 5) is 5.37. The Morgan fingerprint density at radius 3 is 3.17 bits per heavy atom. The summed E-state index contributed by atoms with van der Waals surface area (Å²) in [5.41, 5.74) is 0.986. The number of imidazole rings is 1. The Morgan fingerprint density at radius 2 is 2.28 bits per heavy atom. The molecule has 1 aromatic carbocycles. The van der Waals surface area contributed by atoms with Gasteiger partial charge in [0.1, 0.15) is 11.9 Å². The molecule has 1 aromatic heterocycles. The number of rotatable bonds is 4. The zero-order chi connectivity index (χ0) is 12.4. The Bertz CT molecular complexity index is 577. The summed E-state index contributed by atoms with van der Waals surface area (Å²) in [6.45, 7) is 4.36. The molecule has 0 spiro atoms. The molecule has 0 amide bonds. The maximum absolute atomic E-state index is 5.37. The van der Waals surface area contributed by atoms with Crippen molar-refractivity contribution in [3.8, 4) is 17.2 Å². The number of nitrogens with zero attached hydrogens (tertiary/aromatic N) is 2. The van der Waals surface area contributed by atoms with Crippen LogP contribution >= 0.6 is 0 Å². The molecule has 18 heavy (non-hydrogen) atoms. The van der Waals surface area contributed by atoms with Gasteiger partial charge in [0, 0.05) is 6.07 Å². The molecular weight excluding hydrogens is 232 g/mol. The normalized spacial score (nSPS) is 12.4. The summed E-state index contributed by atoms with van der Waals surface area (Å²) in [5.74, 6) is 1.54. The molecule has 1 aliphatic rings. The quantitative estimate of drug-likeness (QED) is 0.598. The van der Waals surface area contributed by atoms with Gasteiger partial charge in [-0.3, -0.25) is 0 Å². The first-order valence-electron chi connectivity index (χ1n) is 5.60. The van der Waals surface area contributed by atoms with Gasteiger partial charge in [0.05, 0.1) is 0 Å². The van der Waals surface area contributed by atoms with Crippen LogP contribution in [-0.2, 0) is 0 Å². The van der Waals surface area contributed by atoms with Gasteiger partial charge in [-0.25, -0.2) is 0 Å². The van der Waals surface area contributed by atoms with Crippen LogP contribution in [0.25, 0.3) is 5.69 Å². The molecule has 0 saturated carbocycles. The van der Waals surface area contributed by atoms with Gasteiger partial charge in [-0.15, -0.1) is 0 Å². The first-order chi connectivity index (χ1) is 8.86. The lowest BCUT2D eigenvalue weighted by Crippen LogP contribution is -2.28. The second-order valence-electron chi connectivity index (χ2n) is 3.80. The van der Waals surface area contributed by atoms with E-state index in [9.17, 15) is 0 Å². The topological polar surface area (TPSA) is 36.5 Å². The van der Waals surface area contributed by atoms with Crippen LogP contribution in [0.5, 0.6) is 11.5 Å². The van der Waals surface area contributed by atoms with Crippen molar-refractivity contribution in [2.24, 2.45) is 0 Å². The van der Waals surface area contributed by atoms with Gasteiger partial charge in [0.2, 0.25) is 6.79 Å². The molecule has 0 atom stereocenters. The standard InChI is InChI=1S/C13H13N2O3/c1-2-7-18-15-6-5-14(9-15)11-3-4-12-13(8-11)17-10-16-12/h2-6,8-9H,1,7,10H2/q+1. The van der Waals surface area contributed by atoms with Crippen molar-refractivity contribution in [3.63, 3.8) is 0 Å². The largest absolute Gasteiger partial charge is 0.454 e. The molecule has 1 aliphatic heterocycles. The van der Waals surface area contributed by atoms with Crippen LogP contribution in [0, 0.1) is 0 Å². The molecule has 5 nitrogen and oxygen atoms in total. The highest BCUT2D eigenvalue weighted by molar-refractivity contribution is 5.46. The number of ether oxygens (including phenoxy) is 2. The first kappa shape index (κ1) is 10.7. The van der Waals surface area contributed by atoms with Gasteiger partial charge in [-0.2, -0.15) is 4.57 Å². The van der Waals surface area contributed by atoms with Crippen LogP contribution in [0.15, 0.2) is 49.6 Å². The second-order valence-corrected chi connectivity index (χ2v) is 3.80. The van der Waals surface area contributed by atoms with Gasteiger partial charge in [-0.05, 0) is 18.2 Å². The van der Waals surface area contributed by atoms with Crippen LogP contribution < -0.4 is 18.9 Å². The van der Waals surface area contributed by atoms with Gasteiger partial charge in [-0.1, -0.05) is 11.3 Å². The number of aromatic nitrogens is 2. The predicted octanol–water partition coefficient (Wildman–Crippen LogP) is 1.11. The smallest absolute Gasteiger partial charge is 0.289 e. The third kappa shape index (κ3) is 1.90. The Kier molecular flexibility index (Phi) is 2.64. The Morgan fingerprint density at radius 1 is 1.39 bits per heavy atom. The molecule has 92 valence electrons. The van der Waals surface area contributed by atoms with E-state index in [-0.39, 0.29) is 6.79 Å². The fraction of sp³-hybridized carbons (Fsp3) is 0.154. The third-order valence-electron chi connectivity index (χ3n) is 2.61. The van der Waals surface area contributed by atoms with E-state index in [1.807, 2.05) is 41.5 Å². The minimum absolute atomic E-state index is 0.285. The Hall–Kier alpha value is -2.43. The maximum atomic E-state index is 5.37. The lowest BCUT2D eigenvalue weighted by atomic mass is 10.3. The van der Waals surface area contributed by atoms with E-state index in [0.717, 1.165) is 17.2 Å². The lowest BCUT2D eigenvalue weighted by molar-refractivity contribution is -0.596. The number of benzene rings is 1. The second kappa shape index (κ2) is 4.44. The van der Waals surface area contributed by atoms with Gasteiger partial charge < -0.3 is 14.3 Å². The summed E-state index contributed by atoms with van der Waals surface area (Å²) >= 11 is 0. The molecule has 0 unspecified atom stereocenters. The van der Waals surface area contributed by atoms with Crippen LogP contribution in [-0.4, -0.2) is 18.1 Å². The van der Waals surface area contributed by atoms with E-state index in [4.69, 9.17) is 14.3 Å². The van der Waals surface area contributed by atoms with Crippen LogP contribution in [0.4, 0.5) is 0 Å². The average Bonchev–Trinajstić information content (AvgIpc) is 3.04. The SMILES string of the molecule is C=CCOn1cc[n+](-c2ccc3c(c2)OCO3)c1. The van der Waals surface area contributed by atoms with Crippen molar-refractivity contribution in [1.82, 2.24) is 4.73 Å². The molecule has 0 N–H and O–H groups in total. The molecule has 2 heterocycles. The molecule has 0 bridgehead atoms. The molecular formula is C13H13N2O3+. The molecule has 2 aromatic rings. The van der Waals surface area contributed by atoms with Crippen LogP contribution in [0.2, 0.25) is 0 Å². The van der Waals surface area contributed by atoms with E-state index >= 15 is 0 Å². The van der Waals surface area contributed by atoms with E-state index < -0.39 is 0 Å². The van der Waals surface area contributed by atoms with E-state index in [1.54, 1.807) is 10.8 Å². The molecule has 0 fully saturated rings. The van der Waals surface area contributed by atoms with Gasteiger partial charge >= 0.3 is 0 Å². The summed E-state index contributed by atoms with van der Waals surface area (Å²) in [7, 11) is 0. The van der Waals surface area contributed by atoms with E-state index in [1.165, 1.54) is 0 Å². The number of hydrogen-bond donors (Lipinski definition) is 0. The fourth-order valence-electron chi connectivity index (χ4n) is 1.75. The van der Waals surface area contributed by atoms with Crippen LogP contribution in [0.1, 0.15) is 0 Å². The average molecular weight is 245 g/mol. The molecule has 0 aliphatic carbocycles. The molecule has 0 saturated heterocycles. The lowest BCUT2D eigenvalue weighted by Gasteiger charge is -1.98. The van der Waals surface area contributed by atoms with Crippen molar-refractivity contribution in [3.05, 3.63) is 49.6 Å². The summed E-state index contributed by atoms with van der Waals surface area (Å²) in [6, 6.07) is 5.79. The van der Waals surface area contributed by atoms with E-state index in [0.29, 0.717) is 6.61 Å². The summed E-state index contributed by atoms with van der Waals surface area (Å²) < 4.78 is 14.2. The maximum Gasteiger partial charge on any atom is 0.289 e. The Balaban J connectivity index is 1.85. The minimum Gasteiger partial charge on any atom is -0.454 e. The molecule has 0 radical (unpaired) electrons. The van der Waals surface area contributed by atoms with E-state index in [2.05, 4.69) is 6.58 Å². The van der Waals surface area contributed by atoms with Gasteiger partial charge in [0.25, 0.3) is 6.33 Å². The summed E-state index contributed by atoms with van der Waals surface area (Å²) in [6.07, 6.45) is 7.26. The minimum atomic E-state index is 0.285. The van der Waals surface area contributed by atoms with Crippen molar-refractivity contribution in [1.29, 1.82) is 0 Å². The predicted molar refractivity (Wildman–Crippen MR) is 63.7 cm³/mol. The first-order valence-corrected chi connectivity index (χ1v) is 5.60. The molecule has 3 rings (SSSR count). The highest BCUT2D eigenvalue weighted by Crippen LogP contribution is 2.32. The van der Waals surface area contributed by atoms with Crippen molar-refractivity contribution < 1.29 is 18.9 Å². The highest BCUT2D eigenvalue weighted by atomic mass is 16.7. The highest BCUT2D eigenvalue weighted by Gasteiger charge is 2.16. The Labute approximate surface area is 104 Å². The van der Waals surface area contributed by atoms with Gasteiger partial charge in [0.15, 0.2) is 24.3 Å². The zero-order valence-electron chi connectivity index (χ0n) is 9.78. The zero-order valence-corrected chi connectivity index (χ0v) is 9.78. The number of fused-ring (bicyclic) bond motifs is 1. The third-order valence-corrected chi connectivity index (χ3v) is 2.61.